The molecule has 0 spiro atoms. The largest absolute Gasteiger partial charge is 0.355 e. The molecular formula is C13H21N3O. The summed E-state index contributed by atoms with van der Waals surface area (Å²) in [6.45, 7) is 4.14. The zero-order chi connectivity index (χ0) is 12.1. The van der Waals surface area contributed by atoms with Crippen LogP contribution >= 0.6 is 0 Å². The van der Waals surface area contributed by atoms with Crippen molar-refractivity contribution in [1.82, 2.24) is 15.2 Å². The number of aromatic nitrogens is 1. The Hall–Kier alpha value is -1.29. The monoisotopic (exact) mass is 235 g/mol. The van der Waals surface area contributed by atoms with Crippen molar-refractivity contribution in [3.63, 3.8) is 0 Å². The maximum Gasteiger partial charge on any atom is 0.239 e. The Morgan fingerprint density at radius 2 is 2.35 bits per heavy atom. The molecule has 1 amide bonds. The van der Waals surface area contributed by atoms with Crippen molar-refractivity contribution in [2.24, 2.45) is 0 Å². The van der Waals surface area contributed by atoms with Gasteiger partial charge in [0, 0.05) is 31.5 Å². The smallest absolute Gasteiger partial charge is 0.239 e. The first-order chi connectivity index (χ1) is 8.28. The summed E-state index contributed by atoms with van der Waals surface area (Å²) in [4.78, 5) is 11.5. The van der Waals surface area contributed by atoms with Crippen LogP contribution in [0.4, 0.5) is 0 Å². The summed E-state index contributed by atoms with van der Waals surface area (Å²) in [5.41, 5.74) is 1.25. The molecule has 2 rings (SSSR count). The summed E-state index contributed by atoms with van der Waals surface area (Å²) in [5.74, 6) is 0.0872. The zero-order valence-corrected chi connectivity index (χ0v) is 10.4. The Kier molecular flexibility index (Phi) is 4.20. The van der Waals surface area contributed by atoms with E-state index >= 15 is 0 Å². The summed E-state index contributed by atoms with van der Waals surface area (Å²) in [5, 5.41) is 6.33. The second-order valence-corrected chi connectivity index (χ2v) is 4.70. The summed E-state index contributed by atoms with van der Waals surface area (Å²) in [6.07, 6.45) is 7.60. The molecule has 0 aliphatic heterocycles. The van der Waals surface area contributed by atoms with Gasteiger partial charge in [-0.2, -0.15) is 0 Å². The summed E-state index contributed by atoms with van der Waals surface area (Å²) in [6, 6.07) is 2.80. The topological polar surface area (TPSA) is 46.1 Å². The van der Waals surface area contributed by atoms with E-state index in [2.05, 4.69) is 23.6 Å². The standard InChI is InChI=1S/C13H21N3O/c1-2-6-14-13(17)10-16-7-5-11(9-16)8-15-12-3-4-12/h5,7,9,12,15H,2-4,6,8,10H2,1H3,(H,14,17). The molecule has 1 saturated carbocycles. The van der Waals surface area contributed by atoms with Crippen LogP contribution in [-0.4, -0.2) is 23.1 Å². The number of hydrogen-bond acceptors (Lipinski definition) is 2. The van der Waals surface area contributed by atoms with Gasteiger partial charge in [-0.3, -0.25) is 4.79 Å². The Morgan fingerprint density at radius 3 is 3.06 bits per heavy atom. The minimum atomic E-state index is 0.0872. The highest BCUT2D eigenvalue weighted by Gasteiger charge is 2.19. The van der Waals surface area contributed by atoms with E-state index < -0.39 is 0 Å². The molecule has 0 bridgehead atoms. The zero-order valence-electron chi connectivity index (χ0n) is 10.4. The van der Waals surface area contributed by atoms with E-state index in [0.29, 0.717) is 6.54 Å². The third-order valence-electron chi connectivity index (χ3n) is 2.88. The molecule has 94 valence electrons. The van der Waals surface area contributed by atoms with Crippen LogP contribution in [0.5, 0.6) is 0 Å². The lowest BCUT2D eigenvalue weighted by atomic mass is 10.3. The van der Waals surface area contributed by atoms with Crippen molar-refractivity contribution >= 4 is 5.91 Å². The van der Waals surface area contributed by atoms with Gasteiger partial charge in [0.05, 0.1) is 0 Å². The van der Waals surface area contributed by atoms with E-state index in [0.717, 1.165) is 25.6 Å². The second kappa shape index (κ2) is 5.87. The lowest BCUT2D eigenvalue weighted by Crippen LogP contribution is -2.27. The van der Waals surface area contributed by atoms with Gasteiger partial charge in [0.15, 0.2) is 0 Å². The molecule has 4 heteroatoms. The highest BCUT2D eigenvalue weighted by Crippen LogP contribution is 2.19. The average Bonchev–Trinajstić information content (AvgIpc) is 3.05. The Morgan fingerprint density at radius 1 is 1.53 bits per heavy atom. The number of nitrogens with zero attached hydrogens (tertiary/aromatic N) is 1. The molecule has 0 saturated heterocycles. The quantitative estimate of drug-likeness (QED) is 0.747. The Labute approximate surface area is 102 Å². The summed E-state index contributed by atoms with van der Waals surface area (Å²) in [7, 11) is 0. The van der Waals surface area contributed by atoms with Gasteiger partial charge in [0.25, 0.3) is 0 Å². The predicted octanol–water partition coefficient (Wildman–Crippen LogP) is 1.27. The fourth-order valence-corrected chi connectivity index (χ4v) is 1.73. The maximum atomic E-state index is 11.5. The molecule has 1 aromatic heterocycles. The van der Waals surface area contributed by atoms with Gasteiger partial charge < -0.3 is 15.2 Å². The molecule has 1 fully saturated rings. The van der Waals surface area contributed by atoms with Crippen LogP contribution in [-0.2, 0) is 17.9 Å². The number of amides is 1. The summed E-state index contributed by atoms with van der Waals surface area (Å²) < 4.78 is 1.94. The third-order valence-corrected chi connectivity index (χ3v) is 2.88. The first-order valence-electron chi connectivity index (χ1n) is 6.42. The maximum absolute atomic E-state index is 11.5. The number of nitrogens with one attached hydrogen (secondary N) is 2. The molecular weight excluding hydrogens is 214 g/mol. The van der Waals surface area contributed by atoms with Gasteiger partial charge in [-0.25, -0.2) is 0 Å². The molecule has 0 unspecified atom stereocenters. The molecule has 2 N–H and O–H groups in total. The molecule has 17 heavy (non-hydrogen) atoms. The molecule has 1 heterocycles. The van der Waals surface area contributed by atoms with Crippen molar-refractivity contribution in [3.05, 3.63) is 24.0 Å². The van der Waals surface area contributed by atoms with Gasteiger partial charge >= 0.3 is 0 Å². The first-order valence-corrected chi connectivity index (χ1v) is 6.42. The number of rotatable bonds is 7. The van der Waals surface area contributed by atoms with Crippen LogP contribution in [0.1, 0.15) is 31.7 Å². The van der Waals surface area contributed by atoms with E-state index in [1.54, 1.807) is 0 Å². The van der Waals surface area contributed by atoms with Gasteiger partial charge in [0.1, 0.15) is 6.54 Å². The minimum Gasteiger partial charge on any atom is -0.355 e. The number of carbonyl (C=O) groups is 1. The van der Waals surface area contributed by atoms with Gasteiger partial charge in [-0.1, -0.05) is 6.92 Å². The number of hydrogen-bond donors (Lipinski definition) is 2. The van der Waals surface area contributed by atoms with Crippen molar-refractivity contribution in [1.29, 1.82) is 0 Å². The normalized spacial score (nSPS) is 14.9. The van der Waals surface area contributed by atoms with Crippen molar-refractivity contribution in [3.8, 4) is 0 Å². The van der Waals surface area contributed by atoms with E-state index in [1.165, 1.54) is 18.4 Å². The van der Waals surface area contributed by atoms with Crippen molar-refractivity contribution in [2.75, 3.05) is 6.54 Å². The van der Waals surface area contributed by atoms with Gasteiger partial charge in [-0.15, -0.1) is 0 Å². The average molecular weight is 235 g/mol. The SMILES string of the molecule is CCCNC(=O)Cn1ccc(CNC2CC2)c1. The number of carbonyl (C=O) groups excluding carboxylic acids is 1. The van der Waals surface area contributed by atoms with Crippen LogP contribution in [0.2, 0.25) is 0 Å². The van der Waals surface area contributed by atoms with Crippen molar-refractivity contribution in [2.45, 2.75) is 45.3 Å². The predicted molar refractivity (Wildman–Crippen MR) is 67.6 cm³/mol. The lowest BCUT2D eigenvalue weighted by Gasteiger charge is -2.04. The molecule has 4 nitrogen and oxygen atoms in total. The molecule has 1 aromatic rings. The molecule has 1 aliphatic carbocycles. The van der Waals surface area contributed by atoms with Crippen LogP contribution in [0, 0.1) is 0 Å². The molecule has 1 aliphatic rings. The van der Waals surface area contributed by atoms with Crippen LogP contribution in [0.3, 0.4) is 0 Å². The van der Waals surface area contributed by atoms with Crippen molar-refractivity contribution < 1.29 is 4.79 Å². The molecule has 0 atom stereocenters. The highest BCUT2D eigenvalue weighted by molar-refractivity contribution is 5.75. The van der Waals surface area contributed by atoms with E-state index in [-0.39, 0.29) is 5.91 Å². The minimum absolute atomic E-state index is 0.0872. The highest BCUT2D eigenvalue weighted by atomic mass is 16.1. The third kappa shape index (κ3) is 4.23. The lowest BCUT2D eigenvalue weighted by molar-refractivity contribution is -0.121. The van der Waals surface area contributed by atoms with E-state index in [1.807, 2.05) is 17.0 Å². The summed E-state index contributed by atoms with van der Waals surface area (Å²) >= 11 is 0. The van der Waals surface area contributed by atoms with Gasteiger partial charge in [0.2, 0.25) is 5.91 Å². The Balaban J connectivity index is 1.74. The molecule has 0 radical (unpaired) electrons. The van der Waals surface area contributed by atoms with Crippen LogP contribution in [0.25, 0.3) is 0 Å². The second-order valence-electron chi connectivity index (χ2n) is 4.70. The fraction of sp³-hybridized carbons (Fsp3) is 0.615. The van der Waals surface area contributed by atoms with E-state index in [9.17, 15) is 4.79 Å². The van der Waals surface area contributed by atoms with Crippen LogP contribution in [0.15, 0.2) is 18.5 Å². The van der Waals surface area contributed by atoms with Crippen LogP contribution < -0.4 is 10.6 Å². The van der Waals surface area contributed by atoms with E-state index in [4.69, 9.17) is 0 Å². The Bertz CT molecular complexity index is 368. The van der Waals surface area contributed by atoms with Gasteiger partial charge in [-0.05, 0) is 30.9 Å². The fourth-order valence-electron chi connectivity index (χ4n) is 1.73. The molecule has 0 aromatic carbocycles. The first kappa shape index (κ1) is 12.2.